The Morgan fingerprint density at radius 3 is 2.50 bits per heavy atom. The highest BCUT2D eigenvalue weighted by Gasteiger charge is 2.13. The summed E-state index contributed by atoms with van der Waals surface area (Å²) >= 11 is 11.6. The minimum absolute atomic E-state index is 0.211. The number of benzene rings is 1. The summed E-state index contributed by atoms with van der Waals surface area (Å²) in [4.78, 5) is 11.7. The van der Waals surface area contributed by atoms with Gasteiger partial charge < -0.3 is 11.1 Å². The Morgan fingerprint density at radius 2 is 2.00 bits per heavy atom. The Labute approximate surface area is 105 Å². The van der Waals surface area contributed by atoms with Crippen molar-refractivity contribution in [2.45, 2.75) is 19.4 Å². The normalized spacial score (nSPS) is 11.3. The van der Waals surface area contributed by atoms with Crippen molar-refractivity contribution in [3.63, 3.8) is 0 Å². The Hall–Kier alpha value is -0.770. The van der Waals surface area contributed by atoms with Gasteiger partial charge in [0.05, 0.1) is 10.0 Å². The van der Waals surface area contributed by atoms with Crippen LogP contribution in [0.3, 0.4) is 0 Å². The average molecular weight is 261 g/mol. The third-order valence-electron chi connectivity index (χ3n) is 1.89. The molecule has 16 heavy (non-hydrogen) atoms. The fourth-order valence-electron chi connectivity index (χ4n) is 1.05. The van der Waals surface area contributed by atoms with Gasteiger partial charge in [-0.3, -0.25) is 4.79 Å². The van der Waals surface area contributed by atoms with E-state index in [1.54, 1.807) is 12.1 Å². The maximum Gasteiger partial charge on any atom is 0.251 e. The zero-order valence-corrected chi connectivity index (χ0v) is 10.7. The van der Waals surface area contributed by atoms with Crippen molar-refractivity contribution < 1.29 is 4.79 Å². The summed E-state index contributed by atoms with van der Waals surface area (Å²) in [5.41, 5.74) is 5.79. The van der Waals surface area contributed by atoms with Crippen LogP contribution >= 0.6 is 23.2 Å². The number of halogens is 2. The van der Waals surface area contributed by atoms with E-state index in [-0.39, 0.29) is 5.91 Å². The third kappa shape index (κ3) is 4.00. The summed E-state index contributed by atoms with van der Waals surface area (Å²) in [5, 5.41) is 3.51. The maximum absolute atomic E-state index is 11.7. The van der Waals surface area contributed by atoms with E-state index in [1.807, 2.05) is 13.8 Å². The number of carbonyl (C=O) groups excluding carboxylic acids is 1. The molecule has 3 N–H and O–H groups in total. The van der Waals surface area contributed by atoms with Crippen molar-refractivity contribution >= 4 is 29.1 Å². The molecule has 0 atom stereocenters. The molecule has 88 valence electrons. The Morgan fingerprint density at radius 1 is 1.38 bits per heavy atom. The predicted molar refractivity (Wildman–Crippen MR) is 67.1 cm³/mol. The lowest BCUT2D eigenvalue weighted by Crippen LogP contribution is -2.45. The van der Waals surface area contributed by atoms with Crippen LogP contribution in [0.2, 0.25) is 10.0 Å². The Balaban J connectivity index is 2.70. The lowest BCUT2D eigenvalue weighted by atomic mass is 10.1. The fourth-order valence-corrected chi connectivity index (χ4v) is 1.35. The van der Waals surface area contributed by atoms with Crippen LogP contribution in [0, 0.1) is 0 Å². The van der Waals surface area contributed by atoms with Crippen molar-refractivity contribution in [2.24, 2.45) is 5.73 Å². The molecule has 5 heteroatoms. The van der Waals surface area contributed by atoms with Crippen molar-refractivity contribution in [2.75, 3.05) is 6.54 Å². The average Bonchev–Trinajstić information content (AvgIpc) is 2.17. The molecule has 0 heterocycles. The van der Waals surface area contributed by atoms with Crippen molar-refractivity contribution in [3.05, 3.63) is 33.8 Å². The van der Waals surface area contributed by atoms with Gasteiger partial charge >= 0.3 is 0 Å². The molecule has 0 aliphatic rings. The number of nitrogens with one attached hydrogen (secondary N) is 1. The van der Waals surface area contributed by atoms with E-state index in [9.17, 15) is 4.79 Å². The van der Waals surface area contributed by atoms with Gasteiger partial charge in [0, 0.05) is 17.6 Å². The maximum atomic E-state index is 11.7. The number of amides is 1. The largest absolute Gasteiger partial charge is 0.350 e. The third-order valence-corrected chi connectivity index (χ3v) is 2.63. The molecule has 1 amide bonds. The van der Waals surface area contributed by atoms with E-state index < -0.39 is 5.54 Å². The van der Waals surface area contributed by atoms with Crippen molar-refractivity contribution in [1.82, 2.24) is 5.32 Å². The first-order valence-corrected chi connectivity index (χ1v) is 5.57. The van der Waals surface area contributed by atoms with Crippen LogP contribution in [0.15, 0.2) is 18.2 Å². The highest BCUT2D eigenvalue weighted by molar-refractivity contribution is 6.42. The minimum atomic E-state index is -0.439. The van der Waals surface area contributed by atoms with Gasteiger partial charge in [0.1, 0.15) is 0 Å². The summed E-state index contributed by atoms with van der Waals surface area (Å²) in [6, 6.07) is 4.74. The van der Waals surface area contributed by atoms with Crippen molar-refractivity contribution in [3.8, 4) is 0 Å². The molecule has 0 saturated carbocycles. The molecule has 0 aliphatic carbocycles. The second kappa shape index (κ2) is 5.04. The summed E-state index contributed by atoms with van der Waals surface area (Å²) < 4.78 is 0. The molecular formula is C11H14Cl2N2O. The molecule has 0 saturated heterocycles. The van der Waals surface area contributed by atoms with Crippen LogP contribution in [0.25, 0.3) is 0 Å². The topological polar surface area (TPSA) is 55.1 Å². The van der Waals surface area contributed by atoms with Gasteiger partial charge in [-0.15, -0.1) is 0 Å². The van der Waals surface area contributed by atoms with Gasteiger partial charge in [-0.2, -0.15) is 0 Å². The van der Waals surface area contributed by atoms with Gasteiger partial charge in [-0.1, -0.05) is 23.2 Å². The summed E-state index contributed by atoms with van der Waals surface area (Å²) in [5.74, 6) is -0.211. The molecule has 3 nitrogen and oxygen atoms in total. The lowest BCUT2D eigenvalue weighted by Gasteiger charge is -2.18. The number of nitrogens with two attached hydrogens (primary N) is 1. The van der Waals surface area contributed by atoms with Crippen LogP contribution in [0.5, 0.6) is 0 Å². The zero-order chi connectivity index (χ0) is 12.3. The monoisotopic (exact) mass is 260 g/mol. The summed E-state index contributed by atoms with van der Waals surface area (Å²) in [6.07, 6.45) is 0. The number of carbonyl (C=O) groups is 1. The van der Waals surface area contributed by atoms with Gasteiger partial charge in [-0.05, 0) is 32.0 Å². The highest BCUT2D eigenvalue weighted by Crippen LogP contribution is 2.22. The quantitative estimate of drug-likeness (QED) is 0.878. The SMILES string of the molecule is CC(C)(N)CNC(=O)c1ccc(Cl)c(Cl)c1. The second-order valence-electron chi connectivity index (χ2n) is 4.30. The first-order chi connectivity index (χ1) is 7.29. The number of hydrogen-bond acceptors (Lipinski definition) is 2. The molecule has 1 aromatic rings. The fraction of sp³-hybridized carbons (Fsp3) is 0.364. The van der Waals surface area contributed by atoms with E-state index in [2.05, 4.69) is 5.32 Å². The smallest absolute Gasteiger partial charge is 0.251 e. The first kappa shape index (κ1) is 13.3. The summed E-state index contributed by atoms with van der Waals surface area (Å²) in [6.45, 7) is 4.07. The molecule has 0 fully saturated rings. The molecule has 0 bridgehead atoms. The van der Waals surface area contributed by atoms with E-state index in [0.717, 1.165) is 0 Å². The van der Waals surface area contributed by atoms with Crippen LogP contribution < -0.4 is 11.1 Å². The molecule has 0 aromatic heterocycles. The van der Waals surface area contributed by atoms with Crippen LogP contribution in [0.1, 0.15) is 24.2 Å². The molecule has 0 spiro atoms. The molecule has 1 aromatic carbocycles. The van der Waals surface area contributed by atoms with Gasteiger partial charge in [0.2, 0.25) is 0 Å². The number of hydrogen-bond donors (Lipinski definition) is 2. The minimum Gasteiger partial charge on any atom is -0.350 e. The first-order valence-electron chi connectivity index (χ1n) is 4.82. The van der Waals surface area contributed by atoms with Crippen LogP contribution in [0.4, 0.5) is 0 Å². The lowest BCUT2D eigenvalue weighted by molar-refractivity contribution is 0.0946. The number of rotatable bonds is 3. The molecule has 0 radical (unpaired) electrons. The van der Waals surface area contributed by atoms with E-state index in [1.165, 1.54) is 6.07 Å². The standard InChI is InChI=1S/C11H14Cl2N2O/c1-11(2,14)6-15-10(16)7-3-4-8(12)9(13)5-7/h3-5H,6,14H2,1-2H3,(H,15,16). The predicted octanol–water partition coefficient (Wildman–Crippen LogP) is 2.46. The van der Waals surface area contributed by atoms with Crippen LogP contribution in [-0.4, -0.2) is 18.0 Å². The highest BCUT2D eigenvalue weighted by atomic mass is 35.5. The van der Waals surface area contributed by atoms with Crippen LogP contribution in [-0.2, 0) is 0 Å². The zero-order valence-electron chi connectivity index (χ0n) is 9.18. The molecule has 0 unspecified atom stereocenters. The Bertz CT molecular complexity index is 399. The summed E-state index contributed by atoms with van der Waals surface area (Å²) in [7, 11) is 0. The van der Waals surface area contributed by atoms with Crippen molar-refractivity contribution in [1.29, 1.82) is 0 Å². The molecule has 1 rings (SSSR count). The van der Waals surface area contributed by atoms with E-state index in [0.29, 0.717) is 22.2 Å². The molecular weight excluding hydrogens is 247 g/mol. The van der Waals surface area contributed by atoms with Gasteiger partial charge in [-0.25, -0.2) is 0 Å². The van der Waals surface area contributed by atoms with E-state index in [4.69, 9.17) is 28.9 Å². The Kier molecular flexibility index (Phi) is 4.19. The van der Waals surface area contributed by atoms with Gasteiger partial charge in [0.15, 0.2) is 0 Å². The van der Waals surface area contributed by atoms with E-state index >= 15 is 0 Å². The molecule has 0 aliphatic heterocycles. The second-order valence-corrected chi connectivity index (χ2v) is 5.11. The van der Waals surface area contributed by atoms with Gasteiger partial charge in [0.25, 0.3) is 5.91 Å².